The van der Waals surface area contributed by atoms with E-state index in [1.54, 1.807) is 18.3 Å². The fraction of sp³-hybridized carbons (Fsp3) is 0.375. The van der Waals surface area contributed by atoms with Crippen LogP contribution in [0.3, 0.4) is 0 Å². The highest BCUT2D eigenvalue weighted by atomic mass is 32.1. The zero-order valence-corrected chi connectivity index (χ0v) is 13.2. The van der Waals surface area contributed by atoms with Crippen molar-refractivity contribution < 1.29 is 14.3 Å². The maximum atomic E-state index is 12.9. The number of nitrogens with one attached hydrogen (secondary N) is 1. The lowest BCUT2D eigenvalue weighted by Crippen LogP contribution is -2.26. The average molecular weight is 322 g/mol. The van der Waals surface area contributed by atoms with Gasteiger partial charge in [-0.3, -0.25) is 4.79 Å². The van der Waals surface area contributed by atoms with Gasteiger partial charge in [0.2, 0.25) is 0 Å². The van der Waals surface area contributed by atoms with Crippen molar-refractivity contribution in [3.63, 3.8) is 0 Å². The van der Waals surface area contributed by atoms with Crippen LogP contribution in [0.1, 0.15) is 40.0 Å². The molecular weight excluding hydrogens is 303 g/mol. The number of hydrogen-bond donors (Lipinski definition) is 2. The number of aliphatic hydroxyl groups excluding tert-OH is 1. The summed E-state index contributed by atoms with van der Waals surface area (Å²) >= 11 is 1.33. The lowest BCUT2D eigenvalue weighted by atomic mass is 10.2. The van der Waals surface area contributed by atoms with Gasteiger partial charge in [0.1, 0.15) is 10.7 Å². The molecule has 0 spiro atoms. The minimum Gasteiger partial charge on any atom is -0.393 e. The second-order valence-electron chi connectivity index (χ2n) is 5.03. The number of rotatable bonds is 7. The van der Waals surface area contributed by atoms with Gasteiger partial charge in [0, 0.05) is 13.0 Å². The van der Waals surface area contributed by atoms with E-state index in [1.807, 2.05) is 6.92 Å². The summed E-state index contributed by atoms with van der Waals surface area (Å²) in [7, 11) is 0. The molecule has 0 aliphatic carbocycles. The van der Waals surface area contributed by atoms with Crippen LogP contribution in [0.15, 0.2) is 30.5 Å². The Kier molecular flexibility index (Phi) is 6.03. The molecule has 118 valence electrons. The lowest BCUT2D eigenvalue weighted by Gasteiger charge is -2.07. The van der Waals surface area contributed by atoms with Crippen molar-refractivity contribution in [1.29, 1.82) is 0 Å². The molecule has 2 N–H and O–H groups in total. The van der Waals surface area contributed by atoms with Crippen molar-refractivity contribution in [2.24, 2.45) is 0 Å². The van der Waals surface area contributed by atoms with Crippen LogP contribution in [0.25, 0.3) is 0 Å². The van der Waals surface area contributed by atoms with Crippen molar-refractivity contribution in [2.45, 2.75) is 32.3 Å². The van der Waals surface area contributed by atoms with Crippen LogP contribution in [0.2, 0.25) is 0 Å². The molecule has 1 amide bonds. The Bertz CT molecular complexity index is 613. The van der Waals surface area contributed by atoms with Gasteiger partial charge in [0.15, 0.2) is 0 Å². The summed E-state index contributed by atoms with van der Waals surface area (Å²) in [6, 6.07) is 6.25. The van der Waals surface area contributed by atoms with E-state index in [9.17, 15) is 14.3 Å². The number of carbonyl (C=O) groups excluding carboxylic acids is 1. The van der Waals surface area contributed by atoms with Gasteiger partial charge in [0.05, 0.1) is 17.3 Å². The maximum Gasteiger partial charge on any atom is 0.263 e. The predicted octanol–water partition coefficient (Wildman–Crippen LogP) is 2.76. The molecule has 1 aromatic heterocycles. The van der Waals surface area contributed by atoms with E-state index in [1.165, 1.54) is 23.5 Å². The fourth-order valence-electron chi connectivity index (χ4n) is 1.92. The van der Waals surface area contributed by atoms with Crippen LogP contribution in [-0.4, -0.2) is 28.6 Å². The maximum absolute atomic E-state index is 12.9. The van der Waals surface area contributed by atoms with E-state index < -0.39 is 0 Å². The molecule has 0 fully saturated rings. The summed E-state index contributed by atoms with van der Waals surface area (Å²) in [5.74, 6) is -0.441. The Balaban J connectivity index is 1.87. The van der Waals surface area contributed by atoms with Gasteiger partial charge in [-0.15, -0.1) is 11.3 Å². The van der Waals surface area contributed by atoms with Crippen molar-refractivity contribution in [1.82, 2.24) is 10.3 Å². The highest BCUT2D eigenvalue weighted by molar-refractivity contribution is 7.13. The Morgan fingerprint density at radius 3 is 2.82 bits per heavy atom. The summed E-state index contributed by atoms with van der Waals surface area (Å²) in [5.41, 5.74) is 0.953. The van der Waals surface area contributed by atoms with E-state index in [4.69, 9.17) is 0 Å². The number of hydrogen-bond acceptors (Lipinski definition) is 4. The molecule has 1 aromatic carbocycles. The Morgan fingerprint density at radius 2 is 2.14 bits per heavy atom. The summed E-state index contributed by atoms with van der Waals surface area (Å²) in [5, 5.41) is 13.0. The van der Waals surface area contributed by atoms with Crippen molar-refractivity contribution in [2.75, 3.05) is 6.54 Å². The molecule has 2 aromatic rings. The highest BCUT2D eigenvalue weighted by Gasteiger charge is 2.11. The summed E-state index contributed by atoms with van der Waals surface area (Å²) in [6.45, 7) is 2.34. The molecule has 0 saturated heterocycles. The molecule has 1 heterocycles. The van der Waals surface area contributed by atoms with E-state index in [-0.39, 0.29) is 17.8 Å². The normalized spacial score (nSPS) is 12.1. The standard InChI is InChI=1S/C16H19FN2O2S/c1-2-13(20)7-8-18-16(21)14-10-19-15(22-14)9-11-3-5-12(17)6-4-11/h3-6,10,13,20H,2,7-9H2,1H3,(H,18,21). The van der Waals surface area contributed by atoms with Gasteiger partial charge in [-0.2, -0.15) is 0 Å². The fourth-order valence-corrected chi connectivity index (χ4v) is 2.79. The molecule has 0 radical (unpaired) electrons. The molecule has 0 aliphatic heterocycles. The molecule has 1 unspecified atom stereocenters. The van der Waals surface area contributed by atoms with Crippen LogP contribution in [-0.2, 0) is 6.42 Å². The third-order valence-electron chi connectivity index (χ3n) is 3.28. The number of amides is 1. The molecule has 1 atom stereocenters. The largest absolute Gasteiger partial charge is 0.393 e. The minimum atomic E-state index is -0.379. The van der Waals surface area contributed by atoms with Gasteiger partial charge in [-0.25, -0.2) is 9.37 Å². The number of aliphatic hydroxyl groups is 1. The topological polar surface area (TPSA) is 62.2 Å². The second-order valence-corrected chi connectivity index (χ2v) is 6.14. The van der Waals surface area contributed by atoms with E-state index in [2.05, 4.69) is 10.3 Å². The average Bonchev–Trinajstić information content (AvgIpc) is 2.98. The van der Waals surface area contributed by atoms with Crippen LogP contribution >= 0.6 is 11.3 Å². The first kappa shape index (κ1) is 16.6. The Hall–Kier alpha value is -1.79. The third kappa shape index (κ3) is 4.89. The molecule has 0 aliphatic rings. The van der Waals surface area contributed by atoms with Gasteiger partial charge in [0.25, 0.3) is 5.91 Å². The highest BCUT2D eigenvalue weighted by Crippen LogP contribution is 2.17. The molecule has 0 bridgehead atoms. The Morgan fingerprint density at radius 1 is 1.41 bits per heavy atom. The minimum absolute atomic E-state index is 0.175. The first-order valence-corrected chi connectivity index (χ1v) is 8.05. The number of benzene rings is 1. The summed E-state index contributed by atoms with van der Waals surface area (Å²) < 4.78 is 12.9. The number of nitrogens with zero attached hydrogens (tertiary/aromatic N) is 1. The van der Waals surface area contributed by atoms with Crippen molar-refractivity contribution >= 4 is 17.2 Å². The van der Waals surface area contributed by atoms with Gasteiger partial charge < -0.3 is 10.4 Å². The quantitative estimate of drug-likeness (QED) is 0.824. The zero-order chi connectivity index (χ0) is 15.9. The molecule has 0 saturated carbocycles. The van der Waals surface area contributed by atoms with Crippen LogP contribution in [0.4, 0.5) is 4.39 Å². The van der Waals surface area contributed by atoms with Gasteiger partial charge in [-0.05, 0) is 30.5 Å². The molecule has 2 rings (SSSR count). The smallest absolute Gasteiger partial charge is 0.263 e. The van der Waals surface area contributed by atoms with E-state index in [0.29, 0.717) is 30.7 Å². The summed E-state index contributed by atoms with van der Waals surface area (Å²) in [4.78, 5) is 16.7. The second kappa shape index (κ2) is 8.00. The number of aromatic nitrogens is 1. The first-order chi connectivity index (χ1) is 10.6. The molecule has 22 heavy (non-hydrogen) atoms. The Labute approximate surface area is 133 Å². The van der Waals surface area contributed by atoms with Gasteiger partial charge in [-0.1, -0.05) is 19.1 Å². The third-order valence-corrected chi connectivity index (χ3v) is 4.28. The monoisotopic (exact) mass is 322 g/mol. The molecule has 4 nitrogen and oxygen atoms in total. The lowest BCUT2D eigenvalue weighted by molar-refractivity contribution is 0.0946. The summed E-state index contributed by atoms with van der Waals surface area (Å²) in [6.07, 6.45) is 2.97. The first-order valence-electron chi connectivity index (χ1n) is 7.24. The predicted molar refractivity (Wildman–Crippen MR) is 84.6 cm³/mol. The van der Waals surface area contributed by atoms with Crippen LogP contribution < -0.4 is 5.32 Å². The van der Waals surface area contributed by atoms with Crippen molar-refractivity contribution in [3.05, 3.63) is 51.7 Å². The molecule has 6 heteroatoms. The molecular formula is C16H19FN2O2S. The SMILES string of the molecule is CCC(O)CCNC(=O)c1cnc(Cc2ccc(F)cc2)s1. The van der Waals surface area contributed by atoms with E-state index >= 15 is 0 Å². The van der Waals surface area contributed by atoms with E-state index in [0.717, 1.165) is 10.6 Å². The number of thiazole rings is 1. The van der Waals surface area contributed by atoms with Crippen LogP contribution in [0, 0.1) is 5.82 Å². The zero-order valence-electron chi connectivity index (χ0n) is 12.4. The number of carbonyl (C=O) groups is 1. The van der Waals surface area contributed by atoms with Crippen LogP contribution in [0.5, 0.6) is 0 Å². The van der Waals surface area contributed by atoms with Crippen molar-refractivity contribution in [3.8, 4) is 0 Å². The van der Waals surface area contributed by atoms with Gasteiger partial charge >= 0.3 is 0 Å². The number of halogens is 1.